The molecule has 1 aromatic rings. The van der Waals surface area contributed by atoms with E-state index in [1.807, 2.05) is 0 Å². The first-order valence-corrected chi connectivity index (χ1v) is 7.56. The SMILES string of the molecule is COC(=O)CS(=O)(=O)Nc1ncc(C#CCCO)s1. The first-order valence-electron chi connectivity index (χ1n) is 5.09. The molecular formula is C10H12N2O5S2. The molecule has 0 aliphatic carbocycles. The van der Waals surface area contributed by atoms with Gasteiger partial charge in [-0.25, -0.2) is 13.4 Å². The van der Waals surface area contributed by atoms with Gasteiger partial charge in [0.15, 0.2) is 10.9 Å². The summed E-state index contributed by atoms with van der Waals surface area (Å²) in [5, 5.41) is 8.68. The number of nitrogens with one attached hydrogen (secondary N) is 1. The second-order valence-electron chi connectivity index (χ2n) is 3.24. The summed E-state index contributed by atoms with van der Waals surface area (Å²) >= 11 is 1.04. The Labute approximate surface area is 114 Å². The molecule has 0 fully saturated rings. The number of nitrogens with zero attached hydrogens (tertiary/aromatic N) is 1. The Balaban J connectivity index is 2.68. The Hall–Kier alpha value is -1.63. The van der Waals surface area contributed by atoms with E-state index in [9.17, 15) is 13.2 Å². The van der Waals surface area contributed by atoms with E-state index in [4.69, 9.17) is 5.11 Å². The third-order valence-corrected chi connectivity index (χ3v) is 3.81. The van der Waals surface area contributed by atoms with Crippen molar-refractivity contribution in [3.63, 3.8) is 0 Å². The number of hydrogen-bond acceptors (Lipinski definition) is 7. The summed E-state index contributed by atoms with van der Waals surface area (Å²) in [6.07, 6.45) is 1.74. The second-order valence-corrected chi connectivity index (χ2v) is 6.00. The molecule has 0 spiro atoms. The molecule has 0 aliphatic heterocycles. The molecule has 0 unspecified atom stereocenters. The number of rotatable bonds is 5. The number of thiazole rings is 1. The molecule has 0 aromatic carbocycles. The standard InChI is InChI=1S/C10H12N2O5S2/c1-17-9(14)7-19(15,16)12-10-11-6-8(18-10)4-2-3-5-13/h6,13H,3,5,7H2,1H3,(H,11,12). The van der Waals surface area contributed by atoms with Crippen LogP contribution in [0, 0.1) is 11.8 Å². The van der Waals surface area contributed by atoms with Gasteiger partial charge in [0.2, 0.25) is 10.0 Å². The summed E-state index contributed by atoms with van der Waals surface area (Å²) in [5.41, 5.74) is 0. The van der Waals surface area contributed by atoms with Gasteiger partial charge in [0, 0.05) is 6.42 Å². The van der Waals surface area contributed by atoms with Crippen LogP contribution in [-0.2, 0) is 19.6 Å². The highest BCUT2D eigenvalue weighted by Gasteiger charge is 2.18. The molecule has 0 atom stereocenters. The molecule has 0 saturated heterocycles. The normalized spacial score (nSPS) is 10.4. The van der Waals surface area contributed by atoms with Crippen molar-refractivity contribution in [2.45, 2.75) is 6.42 Å². The van der Waals surface area contributed by atoms with E-state index >= 15 is 0 Å². The molecule has 1 heterocycles. The highest BCUT2D eigenvalue weighted by atomic mass is 32.2. The minimum atomic E-state index is -3.82. The van der Waals surface area contributed by atoms with Crippen LogP contribution in [0.4, 0.5) is 5.13 Å². The van der Waals surface area contributed by atoms with Gasteiger partial charge in [-0.05, 0) is 0 Å². The van der Waals surface area contributed by atoms with Crippen LogP contribution < -0.4 is 4.72 Å². The summed E-state index contributed by atoms with van der Waals surface area (Å²) in [7, 11) is -2.72. The lowest BCUT2D eigenvalue weighted by Crippen LogP contribution is -2.23. The predicted molar refractivity (Wildman–Crippen MR) is 70.1 cm³/mol. The van der Waals surface area contributed by atoms with Gasteiger partial charge in [-0.3, -0.25) is 9.52 Å². The van der Waals surface area contributed by atoms with Gasteiger partial charge >= 0.3 is 5.97 Å². The van der Waals surface area contributed by atoms with Gasteiger partial charge in [-0.15, -0.1) is 0 Å². The van der Waals surface area contributed by atoms with Crippen molar-refractivity contribution in [1.82, 2.24) is 4.98 Å². The minimum absolute atomic E-state index is 0.0373. The van der Waals surface area contributed by atoms with Crippen LogP contribution in [0.5, 0.6) is 0 Å². The largest absolute Gasteiger partial charge is 0.468 e. The summed E-state index contributed by atoms with van der Waals surface area (Å²) in [5.74, 6) is 3.79. The maximum absolute atomic E-state index is 11.5. The number of hydrogen-bond donors (Lipinski definition) is 2. The number of esters is 1. The van der Waals surface area contributed by atoms with Crippen molar-refractivity contribution in [3.8, 4) is 11.8 Å². The van der Waals surface area contributed by atoms with Gasteiger partial charge < -0.3 is 9.84 Å². The highest BCUT2D eigenvalue weighted by molar-refractivity contribution is 7.93. The molecule has 1 aromatic heterocycles. The Morgan fingerprint density at radius 2 is 2.37 bits per heavy atom. The van der Waals surface area contributed by atoms with E-state index < -0.39 is 21.7 Å². The number of aromatic nitrogens is 1. The molecule has 0 saturated carbocycles. The zero-order chi connectivity index (χ0) is 14.3. The Morgan fingerprint density at radius 1 is 1.63 bits per heavy atom. The van der Waals surface area contributed by atoms with Crippen molar-refractivity contribution in [2.24, 2.45) is 0 Å². The van der Waals surface area contributed by atoms with Crippen molar-refractivity contribution in [3.05, 3.63) is 11.1 Å². The lowest BCUT2D eigenvalue weighted by molar-refractivity contribution is -0.137. The summed E-state index contributed by atoms with van der Waals surface area (Å²) in [4.78, 5) is 15.3. The molecule has 0 aliphatic rings. The third-order valence-electron chi connectivity index (χ3n) is 1.73. The predicted octanol–water partition coefficient (Wildman–Crippen LogP) is -0.208. The number of carbonyl (C=O) groups is 1. The number of ether oxygens (including phenoxy) is 1. The van der Waals surface area contributed by atoms with Gasteiger partial charge in [0.25, 0.3) is 0 Å². The number of anilines is 1. The fourth-order valence-corrected chi connectivity index (χ4v) is 2.88. The molecule has 7 nitrogen and oxygen atoms in total. The van der Waals surface area contributed by atoms with Crippen LogP contribution >= 0.6 is 11.3 Å². The van der Waals surface area contributed by atoms with Gasteiger partial charge in [-0.1, -0.05) is 23.2 Å². The number of aliphatic hydroxyl groups is 1. The quantitative estimate of drug-likeness (QED) is 0.576. The molecule has 0 bridgehead atoms. The van der Waals surface area contributed by atoms with E-state index in [0.717, 1.165) is 18.4 Å². The lowest BCUT2D eigenvalue weighted by Gasteiger charge is -2.02. The Kier molecular flexibility index (Phi) is 5.75. The number of aliphatic hydroxyl groups excluding tert-OH is 1. The molecular weight excluding hydrogens is 292 g/mol. The average molecular weight is 304 g/mol. The zero-order valence-electron chi connectivity index (χ0n) is 10.0. The maximum Gasteiger partial charge on any atom is 0.322 e. The van der Waals surface area contributed by atoms with Crippen LogP contribution in [0.25, 0.3) is 0 Å². The van der Waals surface area contributed by atoms with E-state index in [1.54, 1.807) is 0 Å². The van der Waals surface area contributed by atoms with Crippen LogP contribution in [0.15, 0.2) is 6.20 Å². The summed E-state index contributed by atoms with van der Waals surface area (Å²) in [6, 6.07) is 0. The maximum atomic E-state index is 11.5. The Morgan fingerprint density at radius 3 is 3.00 bits per heavy atom. The van der Waals surface area contributed by atoms with E-state index in [-0.39, 0.29) is 11.7 Å². The molecule has 104 valence electrons. The average Bonchev–Trinajstić information content (AvgIpc) is 2.75. The van der Waals surface area contributed by atoms with Gasteiger partial charge in [0.05, 0.1) is 24.8 Å². The Bertz CT molecular complexity index is 597. The first-order chi connectivity index (χ1) is 8.96. The number of sulfonamides is 1. The first kappa shape index (κ1) is 15.4. The fraction of sp³-hybridized carbons (Fsp3) is 0.400. The molecule has 0 radical (unpaired) electrons. The minimum Gasteiger partial charge on any atom is -0.468 e. The zero-order valence-corrected chi connectivity index (χ0v) is 11.7. The molecule has 2 N–H and O–H groups in total. The smallest absolute Gasteiger partial charge is 0.322 e. The van der Waals surface area contributed by atoms with E-state index in [1.165, 1.54) is 6.20 Å². The molecule has 9 heteroatoms. The lowest BCUT2D eigenvalue weighted by atomic mass is 10.4. The summed E-state index contributed by atoms with van der Waals surface area (Å²) < 4.78 is 29.5. The van der Waals surface area contributed by atoms with Crippen molar-refractivity contribution in [2.75, 3.05) is 24.2 Å². The van der Waals surface area contributed by atoms with Crippen LogP contribution in [0.3, 0.4) is 0 Å². The molecule has 19 heavy (non-hydrogen) atoms. The summed E-state index contributed by atoms with van der Waals surface area (Å²) in [6.45, 7) is -0.0373. The number of carbonyl (C=O) groups excluding carboxylic acids is 1. The molecule has 0 amide bonds. The third kappa shape index (κ3) is 5.69. The van der Waals surface area contributed by atoms with Crippen LogP contribution in [0.2, 0.25) is 0 Å². The van der Waals surface area contributed by atoms with Crippen LogP contribution in [-0.4, -0.2) is 43.9 Å². The van der Waals surface area contributed by atoms with Gasteiger partial charge in [0.1, 0.15) is 0 Å². The monoisotopic (exact) mass is 304 g/mol. The fourth-order valence-electron chi connectivity index (χ4n) is 0.968. The highest BCUT2D eigenvalue weighted by Crippen LogP contribution is 2.18. The topological polar surface area (TPSA) is 106 Å². The molecule has 1 rings (SSSR count). The van der Waals surface area contributed by atoms with Gasteiger partial charge in [-0.2, -0.15) is 0 Å². The van der Waals surface area contributed by atoms with E-state index in [0.29, 0.717) is 11.3 Å². The van der Waals surface area contributed by atoms with Crippen LogP contribution in [0.1, 0.15) is 11.3 Å². The number of methoxy groups -OCH3 is 1. The second kappa shape index (κ2) is 7.08. The van der Waals surface area contributed by atoms with Crippen molar-refractivity contribution in [1.29, 1.82) is 0 Å². The van der Waals surface area contributed by atoms with Crippen molar-refractivity contribution >= 4 is 32.5 Å². The van der Waals surface area contributed by atoms with Crippen molar-refractivity contribution < 1.29 is 23.1 Å². The van der Waals surface area contributed by atoms with E-state index in [2.05, 4.69) is 26.3 Å².